The third kappa shape index (κ3) is 3.51. The molecule has 4 rings (SSSR count). The Morgan fingerprint density at radius 2 is 2.07 bits per heavy atom. The quantitative estimate of drug-likeness (QED) is 0.862. The monoisotopic (exact) mass is 390 g/mol. The van der Waals surface area contributed by atoms with Crippen molar-refractivity contribution < 1.29 is 23.8 Å². The van der Waals surface area contributed by atoms with Crippen LogP contribution in [0.4, 0.5) is 0 Å². The molecule has 2 saturated heterocycles. The van der Waals surface area contributed by atoms with Crippen molar-refractivity contribution in [2.24, 2.45) is 11.8 Å². The topological polar surface area (TPSA) is 92.9 Å². The van der Waals surface area contributed by atoms with Crippen LogP contribution in [0, 0.1) is 18.8 Å². The second-order valence-corrected chi connectivity index (χ2v) is 8.30. The second-order valence-electron chi connectivity index (χ2n) is 7.10. The molecule has 1 N–H and O–H groups in total. The van der Waals surface area contributed by atoms with Crippen molar-refractivity contribution in [1.29, 1.82) is 0 Å². The Hall–Kier alpha value is -2.19. The van der Waals surface area contributed by atoms with Crippen LogP contribution in [-0.4, -0.2) is 52.7 Å². The van der Waals surface area contributed by atoms with Gasteiger partial charge in [-0.1, -0.05) is 0 Å². The summed E-state index contributed by atoms with van der Waals surface area (Å²) in [7, 11) is 0. The van der Waals surface area contributed by atoms with Crippen molar-refractivity contribution in [2.75, 3.05) is 19.7 Å². The van der Waals surface area contributed by atoms with Crippen LogP contribution in [0.25, 0.3) is 10.8 Å². The molecule has 0 saturated carbocycles. The summed E-state index contributed by atoms with van der Waals surface area (Å²) in [6.07, 6.45) is 3.45. The summed E-state index contributed by atoms with van der Waals surface area (Å²) in [5.41, 5.74) is 0.477. The number of carboxylic acid groups (broad SMARTS) is 1. The highest BCUT2D eigenvalue weighted by Crippen LogP contribution is 2.34. The highest BCUT2D eigenvalue weighted by molar-refractivity contribution is 7.15. The predicted molar refractivity (Wildman–Crippen MR) is 98.7 cm³/mol. The first kappa shape index (κ1) is 18.2. The number of carbonyl (C=O) groups excluding carboxylic acids is 1. The van der Waals surface area contributed by atoms with Crippen molar-refractivity contribution in [1.82, 2.24) is 9.88 Å². The van der Waals surface area contributed by atoms with E-state index in [0.717, 1.165) is 17.7 Å². The molecule has 4 heterocycles. The summed E-state index contributed by atoms with van der Waals surface area (Å²) in [6, 6.07) is 3.63. The number of nitrogens with zero attached hydrogens (tertiary/aromatic N) is 2. The molecule has 1 unspecified atom stereocenters. The molecule has 27 heavy (non-hydrogen) atoms. The first-order chi connectivity index (χ1) is 13.0. The van der Waals surface area contributed by atoms with Crippen molar-refractivity contribution in [3.8, 4) is 10.8 Å². The molecule has 1 amide bonds. The Morgan fingerprint density at radius 1 is 1.30 bits per heavy atom. The maximum absolute atomic E-state index is 12.9. The van der Waals surface area contributed by atoms with Crippen LogP contribution < -0.4 is 0 Å². The largest absolute Gasteiger partial charge is 0.481 e. The lowest BCUT2D eigenvalue weighted by Crippen LogP contribution is -2.43. The zero-order valence-corrected chi connectivity index (χ0v) is 15.9. The number of amides is 1. The molecular formula is C19H22N2O5S. The molecule has 2 aliphatic rings. The molecule has 2 aliphatic heterocycles. The molecule has 0 spiro atoms. The van der Waals surface area contributed by atoms with Crippen molar-refractivity contribution in [3.63, 3.8) is 0 Å². The van der Waals surface area contributed by atoms with E-state index >= 15 is 0 Å². The standard InChI is InChI=1S/C19H22N2O5S/c1-11-15(20-17(27-11)14-3-2-9-25-14)18(22)21-7-4-12(5-8-21)16-13(19(23)24)6-10-26-16/h2-3,9,12-13,16H,4-8,10H2,1H3,(H,23,24)/t13?,16-/m0/s1. The molecule has 2 fully saturated rings. The Labute approximate surface area is 161 Å². The Balaban J connectivity index is 1.41. The van der Waals surface area contributed by atoms with Gasteiger partial charge in [0.2, 0.25) is 0 Å². The number of likely N-dealkylation sites (tertiary alicyclic amines) is 1. The van der Waals surface area contributed by atoms with Gasteiger partial charge >= 0.3 is 5.97 Å². The Morgan fingerprint density at radius 3 is 2.74 bits per heavy atom. The normalized spacial score (nSPS) is 23.7. The van der Waals surface area contributed by atoms with Crippen LogP contribution in [0.15, 0.2) is 22.8 Å². The molecule has 0 aromatic carbocycles. The molecule has 2 aromatic heterocycles. The average molecular weight is 390 g/mol. The van der Waals surface area contributed by atoms with Gasteiger partial charge in [-0.05, 0) is 44.2 Å². The van der Waals surface area contributed by atoms with Gasteiger partial charge in [0.15, 0.2) is 10.8 Å². The van der Waals surface area contributed by atoms with E-state index in [2.05, 4.69) is 4.98 Å². The SMILES string of the molecule is Cc1sc(-c2ccco2)nc1C(=O)N1CCC([C@@H]2OCCC2C(=O)O)CC1. The Kier molecular flexibility index (Phi) is 5.01. The predicted octanol–water partition coefficient (Wildman–Crippen LogP) is 3.05. The zero-order valence-electron chi connectivity index (χ0n) is 15.1. The minimum absolute atomic E-state index is 0.0675. The summed E-state index contributed by atoms with van der Waals surface area (Å²) < 4.78 is 11.1. The number of hydrogen-bond donors (Lipinski definition) is 1. The molecule has 144 valence electrons. The van der Waals surface area contributed by atoms with Crippen LogP contribution in [0.1, 0.15) is 34.6 Å². The van der Waals surface area contributed by atoms with Crippen molar-refractivity contribution in [2.45, 2.75) is 32.3 Å². The van der Waals surface area contributed by atoms with Crippen LogP contribution in [0.2, 0.25) is 0 Å². The van der Waals surface area contributed by atoms with Crippen molar-refractivity contribution >= 4 is 23.2 Å². The minimum atomic E-state index is -0.778. The van der Waals surface area contributed by atoms with Crippen LogP contribution in [0.5, 0.6) is 0 Å². The highest BCUT2D eigenvalue weighted by atomic mass is 32.1. The first-order valence-corrected chi connectivity index (χ1v) is 10.0. The number of aromatic nitrogens is 1. The number of hydrogen-bond acceptors (Lipinski definition) is 6. The van der Waals surface area contributed by atoms with Crippen LogP contribution >= 0.6 is 11.3 Å². The van der Waals surface area contributed by atoms with Gasteiger partial charge in [0.05, 0.1) is 18.3 Å². The fourth-order valence-electron chi connectivity index (χ4n) is 4.02. The van der Waals surface area contributed by atoms with Gasteiger partial charge in [-0.3, -0.25) is 9.59 Å². The van der Waals surface area contributed by atoms with Gasteiger partial charge in [0.1, 0.15) is 5.69 Å². The van der Waals surface area contributed by atoms with Gasteiger partial charge in [-0.25, -0.2) is 4.98 Å². The van der Waals surface area contributed by atoms with E-state index < -0.39 is 11.9 Å². The second kappa shape index (κ2) is 7.44. The van der Waals surface area contributed by atoms with E-state index in [0.29, 0.717) is 42.6 Å². The molecule has 0 radical (unpaired) electrons. The molecule has 8 heteroatoms. The summed E-state index contributed by atoms with van der Waals surface area (Å²) in [5.74, 6) is -0.414. The van der Waals surface area contributed by atoms with Gasteiger partial charge in [0, 0.05) is 24.6 Å². The maximum Gasteiger partial charge on any atom is 0.309 e. The van der Waals surface area contributed by atoms with E-state index in [4.69, 9.17) is 9.15 Å². The molecule has 2 atom stereocenters. The summed E-state index contributed by atoms with van der Waals surface area (Å²) in [5, 5.41) is 10.1. The van der Waals surface area contributed by atoms with Gasteiger partial charge in [-0.15, -0.1) is 11.3 Å². The Bertz CT molecular complexity index is 823. The lowest BCUT2D eigenvalue weighted by atomic mass is 9.84. The van der Waals surface area contributed by atoms with E-state index in [1.54, 1.807) is 12.3 Å². The highest BCUT2D eigenvalue weighted by Gasteiger charge is 2.41. The summed E-state index contributed by atoms with van der Waals surface area (Å²) in [4.78, 5) is 31.5. The minimum Gasteiger partial charge on any atom is -0.481 e. The molecule has 0 bridgehead atoms. The zero-order chi connectivity index (χ0) is 19.0. The fraction of sp³-hybridized carbons (Fsp3) is 0.526. The lowest BCUT2D eigenvalue weighted by Gasteiger charge is -2.35. The number of ether oxygens (including phenoxy) is 1. The number of rotatable bonds is 4. The van der Waals surface area contributed by atoms with Crippen LogP contribution in [0.3, 0.4) is 0 Å². The van der Waals surface area contributed by atoms with E-state index in [9.17, 15) is 14.7 Å². The third-order valence-corrected chi connectivity index (χ3v) is 6.46. The molecule has 0 aliphatic carbocycles. The third-order valence-electron chi connectivity index (χ3n) is 5.48. The molecule has 7 nitrogen and oxygen atoms in total. The average Bonchev–Trinajstić information content (AvgIpc) is 3.41. The van der Waals surface area contributed by atoms with E-state index in [1.807, 2.05) is 17.9 Å². The first-order valence-electron chi connectivity index (χ1n) is 9.19. The summed E-state index contributed by atoms with van der Waals surface area (Å²) in [6.45, 7) is 3.60. The lowest BCUT2D eigenvalue weighted by molar-refractivity contribution is -0.145. The number of thiazole rings is 1. The number of aliphatic carboxylic acids is 1. The number of piperidine rings is 1. The number of aryl methyl sites for hydroxylation is 1. The van der Waals surface area contributed by atoms with E-state index in [-0.39, 0.29) is 17.9 Å². The fourth-order valence-corrected chi connectivity index (χ4v) is 4.89. The van der Waals surface area contributed by atoms with E-state index in [1.165, 1.54) is 11.3 Å². The smallest absolute Gasteiger partial charge is 0.309 e. The molecular weight excluding hydrogens is 368 g/mol. The maximum atomic E-state index is 12.9. The summed E-state index contributed by atoms with van der Waals surface area (Å²) >= 11 is 1.45. The number of carboxylic acids is 1. The number of furan rings is 1. The van der Waals surface area contributed by atoms with Gasteiger partial charge in [-0.2, -0.15) is 0 Å². The molecule has 2 aromatic rings. The number of carbonyl (C=O) groups is 2. The van der Waals surface area contributed by atoms with Gasteiger partial charge in [0.25, 0.3) is 5.91 Å². The van der Waals surface area contributed by atoms with Crippen molar-refractivity contribution in [3.05, 3.63) is 29.0 Å². The van der Waals surface area contributed by atoms with Gasteiger partial charge < -0.3 is 19.2 Å². The van der Waals surface area contributed by atoms with Crippen LogP contribution in [-0.2, 0) is 9.53 Å².